The van der Waals surface area contributed by atoms with Crippen molar-refractivity contribution in [2.45, 2.75) is 155 Å². The Bertz CT molecular complexity index is 502. The van der Waals surface area contributed by atoms with Crippen LogP contribution in [0.1, 0.15) is 149 Å². The summed E-state index contributed by atoms with van der Waals surface area (Å²) in [6.45, 7) is 6.82. The molecule has 33 heavy (non-hydrogen) atoms. The zero-order valence-electron chi connectivity index (χ0n) is 22.1. The van der Waals surface area contributed by atoms with Crippen LogP contribution in [0.5, 0.6) is 0 Å². The molecule has 0 bridgehead atoms. The van der Waals surface area contributed by atoms with Crippen molar-refractivity contribution in [1.29, 1.82) is 0 Å². The minimum atomic E-state index is -0.835. The van der Waals surface area contributed by atoms with Gasteiger partial charge in [0, 0.05) is 0 Å². The molecule has 1 saturated carbocycles. The number of carbonyl (C=O) groups is 2. The van der Waals surface area contributed by atoms with Gasteiger partial charge in [-0.15, -0.1) is 0 Å². The lowest BCUT2D eigenvalue weighted by Gasteiger charge is -2.29. The molecule has 4 nitrogen and oxygen atoms in total. The summed E-state index contributed by atoms with van der Waals surface area (Å²) in [5.41, 5.74) is 0. The average molecular weight is 467 g/mol. The Kier molecular flexibility index (Phi) is 17.5. The minimum Gasteiger partial charge on any atom is -0.481 e. The third-order valence-corrected chi connectivity index (χ3v) is 7.36. The molecule has 0 amide bonds. The summed E-state index contributed by atoms with van der Waals surface area (Å²) in [6.07, 6.45) is 22.6. The molecule has 3 atom stereocenters. The SMILES string of the molecule is CCCCCCCCCCC(CCCCCCCC(C)C)OC(=O)C1CCCCC1C(=O)O. The van der Waals surface area contributed by atoms with Crippen LogP contribution in [0.15, 0.2) is 0 Å². The topological polar surface area (TPSA) is 63.6 Å². The summed E-state index contributed by atoms with van der Waals surface area (Å²) in [5, 5.41) is 9.54. The molecular weight excluding hydrogens is 412 g/mol. The maximum absolute atomic E-state index is 12.9. The van der Waals surface area contributed by atoms with E-state index in [2.05, 4.69) is 20.8 Å². The Hall–Kier alpha value is -1.06. The van der Waals surface area contributed by atoms with Crippen molar-refractivity contribution in [3.8, 4) is 0 Å². The largest absolute Gasteiger partial charge is 0.481 e. The highest BCUT2D eigenvalue weighted by Gasteiger charge is 2.37. The molecule has 0 aromatic rings. The quantitative estimate of drug-likeness (QED) is 0.144. The zero-order chi connectivity index (χ0) is 24.3. The van der Waals surface area contributed by atoms with Gasteiger partial charge in [-0.05, 0) is 44.4 Å². The number of unbranched alkanes of at least 4 members (excludes halogenated alkanes) is 11. The van der Waals surface area contributed by atoms with Gasteiger partial charge in [-0.1, -0.05) is 111 Å². The molecule has 1 aliphatic rings. The molecule has 0 aromatic carbocycles. The van der Waals surface area contributed by atoms with Crippen molar-refractivity contribution in [3.05, 3.63) is 0 Å². The van der Waals surface area contributed by atoms with E-state index in [1.165, 1.54) is 77.0 Å². The third-order valence-electron chi connectivity index (χ3n) is 7.36. The Morgan fingerprint density at radius 3 is 1.67 bits per heavy atom. The predicted molar refractivity (Wildman–Crippen MR) is 137 cm³/mol. The van der Waals surface area contributed by atoms with Gasteiger partial charge >= 0.3 is 11.9 Å². The summed E-state index contributed by atoms with van der Waals surface area (Å²) in [6, 6.07) is 0. The summed E-state index contributed by atoms with van der Waals surface area (Å²) >= 11 is 0. The number of rotatable bonds is 20. The van der Waals surface area contributed by atoms with E-state index >= 15 is 0 Å². The Balaban J connectivity index is 2.42. The molecule has 1 aliphatic carbocycles. The van der Waals surface area contributed by atoms with Gasteiger partial charge in [0.1, 0.15) is 6.10 Å². The first-order chi connectivity index (χ1) is 16.0. The van der Waals surface area contributed by atoms with Crippen molar-refractivity contribution < 1.29 is 19.4 Å². The lowest BCUT2D eigenvalue weighted by atomic mass is 9.79. The maximum atomic E-state index is 12.9. The van der Waals surface area contributed by atoms with Crippen LogP contribution >= 0.6 is 0 Å². The van der Waals surface area contributed by atoms with Crippen LogP contribution in [0.4, 0.5) is 0 Å². The van der Waals surface area contributed by atoms with Crippen molar-refractivity contribution >= 4 is 11.9 Å². The van der Waals surface area contributed by atoms with Crippen molar-refractivity contribution in [2.24, 2.45) is 17.8 Å². The molecule has 0 radical (unpaired) electrons. The fourth-order valence-electron chi connectivity index (χ4n) is 5.18. The fraction of sp³-hybridized carbons (Fsp3) is 0.931. The minimum absolute atomic E-state index is 0.0374. The van der Waals surface area contributed by atoms with E-state index in [0.717, 1.165) is 44.4 Å². The Morgan fingerprint density at radius 2 is 1.18 bits per heavy atom. The van der Waals surface area contributed by atoms with Crippen molar-refractivity contribution in [2.75, 3.05) is 0 Å². The highest BCUT2D eigenvalue weighted by atomic mass is 16.5. The van der Waals surface area contributed by atoms with Crippen LogP contribution in [0.2, 0.25) is 0 Å². The van der Waals surface area contributed by atoms with Gasteiger partial charge < -0.3 is 9.84 Å². The molecule has 1 fully saturated rings. The second kappa shape index (κ2) is 19.3. The van der Waals surface area contributed by atoms with Crippen molar-refractivity contribution in [3.63, 3.8) is 0 Å². The first-order valence-corrected chi connectivity index (χ1v) is 14.4. The first-order valence-electron chi connectivity index (χ1n) is 14.4. The average Bonchev–Trinajstić information content (AvgIpc) is 2.79. The van der Waals surface area contributed by atoms with E-state index in [-0.39, 0.29) is 12.1 Å². The van der Waals surface area contributed by atoms with Crippen LogP contribution in [0.3, 0.4) is 0 Å². The van der Waals surface area contributed by atoms with Gasteiger partial charge in [-0.25, -0.2) is 0 Å². The maximum Gasteiger partial charge on any atom is 0.310 e. The summed E-state index contributed by atoms with van der Waals surface area (Å²) in [4.78, 5) is 24.5. The number of carbonyl (C=O) groups excluding carboxylic acids is 1. The van der Waals surface area contributed by atoms with Gasteiger partial charge in [0.25, 0.3) is 0 Å². The van der Waals surface area contributed by atoms with E-state index in [1.807, 2.05) is 0 Å². The molecule has 0 saturated heterocycles. The molecule has 1 N–H and O–H groups in total. The van der Waals surface area contributed by atoms with Gasteiger partial charge in [-0.2, -0.15) is 0 Å². The van der Waals surface area contributed by atoms with Crippen molar-refractivity contribution in [1.82, 2.24) is 0 Å². The molecule has 4 heteroatoms. The molecule has 1 rings (SSSR count). The number of ether oxygens (including phenoxy) is 1. The highest BCUT2D eigenvalue weighted by molar-refractivity contribution is 5.81. The van der Waals surface area contributed by atoms with E-state index in [9.17, 15) is 14.7 Å². The van der Waals surface area contributed by atoms with E-state index in [1.54, 1.807) is 0 Å². The van der Waals surface area contributed by atoms with Crippen LogP contribution in [0.25, 0.3) is 0 Å². The molecule has 0 aromatic heterocycles. The summed E-state index contributed by atoms with van der Waals surface area (Å²) in [7, 11) is 0. The highest BCUT2D eigenvalue weighted by Crippen LogP contribution is 2.32. The van der Waals surface area contributed by atoms with E-state index in [0.29, 0.717) is 12.8 Å². The second-order valence-corrected chi connectivity index (χ2v) is 10.9. The van der Waals surface area contributed by atoms with Gasteiger partial charge in [0.2, 0.25) is 0 Å². The van der Waals surface area contributed by atoms with E-state index < -0.39 is 17.8 Å². The van der Waals surface area contributed by atoms with Crippen LogP contribution < -0.4 is 0 Å². The smallest absolute Gasteiger partial charge is 0.310 e. The lowest BCUT2D eigenvalue weighted by molar-refractivity contribution is -0.164. The molecule has 0 aliphatic heterocycles. The number of hydrogen-bond donors (Lipinski definition) is 1. The summed E-state index contributed by atoms with van der Waals surface area (Å²) in [5.74, 6) is -1.31. The first kappa shape index (κ1) is 30.0. The normalized spacial score (nSPS) is 19.5. The number of aliphatic carboxylic acids is 1. The predicted octanol–water partition coefficient (Wildman–Crippen LogP) is 8.71. The standard InChI is InChI=1S/C29H54O4/c1-4-5-6-7-8-9-12-15-20-25(21-16-13-10-11-14-19-24(2)3)33-29(32)27-23-18-17-22-26(27)28(30)31/h24-27H,4-23H2,1-3H3,(H,30,31). The van der Waals surface area contributed by atoms with Gasteiger partial charge in [0.15, 0.2) is 0 Å². The Morgan fingerprint density at radius 1 is 0.727 bits per heavy atom. The zero-order valence-corrected chi connectivity index (χ0v) is 22.1. The number of carboxylic acids is 1. The summed E-state index contributed by atoms with van der Waals surface area (Å²) < 4.78 is 5.99. The van der Waals surface area contributed by atoms with Crippen LogP contribution in [-0.2, 0) is 14.3 Å². The lowest BCUT2D eigenvalue weighted by Crippen LogP contribution is -2.35. The van der Waals surface area contributed by atoms with Gasteiger partial charge in [-0.3, -0.25) is 9.59 Å². The number of esters is 1. The van der Waals surface area contributed by atoms with Crippen LogP contribution in [-0.4, -0.2) is 23.1 Å². The van der Waals surface area contributed by atoms with E-state index in [4.69, 9.17) is 4.74 Å². The third kappa shape index (κ3) is 14.7. The molecule has 194 valence electrons. The van der Waals surface area contributed by atoms with Crippen LogP contribution in [0, 0.1) is 17.8 Å². The molecule has 0 heterocycles. The Labute approximate surface area is 204 Å². The number of carboxylic acid groups (broad SMARTS) is 1. The van der Waals surface area contributed by atoms with Gasteiger partial charge in [0.05, 0.1) is 11.8 Å². The molecular formula is C29H54O4. The molecule has 3 unspecified atom stereocenters. The fourth-order valence-corrected chi connectivity index (χ4v) is 5.18. The second-order valence-electron chi connectivity index (χ2n) is 10.9. The molecule has 0 spiro atoms. The number of hydrogen-bond acceptors (Lipinski definition) is 3. The monoisotopic (exact) mass is 466 g/mol.